The largest absolute Gasteiger partial charge is 0.327 e. The van der Waals surface area contributed by atoms with Crippen molar-refractivity contribution in [1.29, 1.82) is 0 Å². The number of anilines is 1. The second-order valence-electron chi connectivity index (χ2n) is 7.52. The lowest BCUT2D eigenvalue weighted by Crippen LogP contribution is -2.16. The number of nitrogens with one attached hydrogen (secondary N) is 1. The normalized spacial score (nSPS) is 14.0. The Balaban J connectivity index is 1.66. The van der Waals surface area contributed by atoms with E-state index in [2.05, 4.69) is 9.88 Å². The summed E-state index contributed by atoms with van der Waals surface area (Å²) in [5.74, 6) is 0.227. The van der Waals surface area contributed by atoms with Crippen LogP contribution in [0.4, 0.5) is 5.69 Å². The molecule has 0 bridgehead atoms. The van der Waals surface area contributed by atoms with E-state index in [0.29, 0.717) is 16.9 Å². The third kappa shape index (κ3) is 4.60. The van der Waals surface area contributed by atoms with Gasteiger partial charge in [0.1, 0.15) is 11.5 Å². The number of fused-ring (bicyclic) bond motifs is 1. The van der Waals surface area contributed by atoms with Crippen LogP contribution in [-0.2, 0) is 28.7 Å². The number of sulfonamides is 1. The molecular formula is C22H24N4O3S. The van der Waals surface area contributed by atoms with Gasteiger partial charge in [0.05, 0.1) is 11.4 Å². The van der Waals surface area contributed by atoms with Crippen molar-refractivity contribution in [3.05, 3.63) is 71.5 Å². The number of carbonyl (C=O) groups excluding carboxylic acids is 1. The van der Waals surface area contributed by atoms with Gasteiger partial charge in [-0.1, -0.05) is 48.9 Å². The fourth-order valence-corrected chi connectivity index (χ4v) is 4.51. The van der Waals surface area contributed by atoms with Crippen LogP contribution in [0.1, 0.15) is 41.0 Å². The highest BCUT2D eigenvalue weighted by atomic mass is 32.2. The average Bonchev–Trinajstić information content (AvgIpc) is 2.89. The molecule has 156 valence electrons. The molecule has 0 fully saturated rings. The molecule has 3 N–H and O–H groups in total. The summed E-state index contributed by atoms with van der Waals surface area (Å²) < 4.78 is 24.9. The van der Waals surface area contributed by atoms with E-state index in [-0.39, 0.29) is 11.7 Å². The van der Waals surface area contributed by atoms with Gasteiger partial charge in [0.25, 0.3) is 5.91 Å². The van der Waals surface area contributed by atoms with Crippen molar-refractivity contribution in [2.75, 3.05) is 5.32 Å². The van der Waals surface area contributed by atoms with Crippen molar-refractivity contribution in [2.45, 2.75) is 38.0 Å². The molecule has 3 aromatic rings. The summed E-state index contributed by atoms with van der Waals surface area (Å²) in [5.41, 5.74) is 3.38. The van der Waals surface area contributed by atoms with Gasteiger partial charge in [-0.2, -0.15) is 0 Å². The van der Waals surface area contributed by atoms with E-state index in [9.17, 15) is 13.2 Å². The monoisotopic (exact) mass is 424 g/mol. The number of rotatable bonds is 5. The van der Waals surface area contributed by atoms with E-state index in [0.717, 1.165) is 49.3 Å². The minimum Gasteiger partial charge on any atom is -0.327 e. The lowest BCUT2D eigenvalue weighted by molar-refractivity contribution is 0.102. The Morgan fingerprint density at radius 2 is 1.87 bits per heavy atom. The quantitative estimate of drug-likeness (QED) is 0.655. The van der Waals surface area contributed by atoms with Gasteiger partial charge >= 0.3 is 0 Å². The first-order valence-electron chi connectivity index (χ1n) is 9.96. The highest BCUT2D eigenvalue weighted by molar-refractivity contribution is 7.88. The first-order valence-corrected chi connectivity index (χ1v) is 11.7. The number of hydrogen-bond donors (Lipinski definition) is 2. The molecule has 0 unspecified atom stereocenters. The standard InChI is InChI=1S/C22H24N4O3S/c23-30(28,29)15-16-8-7-11-18(14-16)24-22(27)20-19-12-5-2-6-13-26(19)21(25-20)17-9-3-1-4-10-17/h1,3-4,7-11,14H,2,5-6,12-13,15H2,(H,24,27)(H2,23,28,29). The Morgan fingerprint density at radius 3 is 2.63 bits per heavy atom. The Bertz CT molecular complexity index is 1170. The predicted octanol–water partition coefficient (Wildman–Crippen LogP) is 3.32. The van der Waals surface area contributed by atoms with Crippen molar-refractivity contribution in [2.24, 2.45) is 5.14 Å². The first kappa shape index (κ1) is 20.3. The third-order valence-electron chi connectivity index (χ3n) is 5.17. The predicted molar refractivity (Wildman–Crippen MR) is 116 cm³/mol. The number of nitrogens with zero attached hydrogens (tertiary/aromatic N) is 2. The Labute approximate surface area is 176 Å². The molecule has 0 saturated carbocycles. The Morgan fingerprint density at radius 1 is 1.07 bits per heavy atom. The zero-order valence-corrected chi connectivity index (χ0v) is 17.4. The fraction of sp³-hybridized carbons (Fsp3) is 0.273. The van der Waals surface area contributed by atoms with Gasteiger partial charge in [-0.3, -0.25) is 4.79 Å². The van der Waals surface area contributed by atoms with E-state index in [1.165, 1.54) is 0 Å². The van der Waals surface area contributed by atoms with Gasteiger partial charge < -0.3 is 9.88 Å². The van der Waals surface area contributed by atoms with E-state index in [4.69, 9.17) is 10.1 Å². The van der Waals surface area contributed by atoms with Crippen LogP contribution in [-0.4, -0.2) is 23.9 Å². The van der Waals surface area contributed by atoms with Crippen LogP contribution in [0.25, 0.3) is 11.4 Å². The maximum atomic E-state index is 13.1. The van der Waals surface area contributed by atoms with E-state index in [1.54, 1.807) is 24.3 Å². The Hall–Kier alpha value is -2.97. The number of amides is 1. The summed E-state index contributed by atoms with van der Waals surface area (Å²) in [6, 6.07) is 16.6. The number of benzene rings is 2. The molecular weight excluding hydrogens is 400 g/mol. The SMILES string of the molecule is NS(=O)(=O)Cc1cccc(NC(=O)c2nc(-c3ccccc3)n3c2CCCCC3)c1. The molecule has 1 aliphatic heterocycles. The molecule has 2 heterocycles. The number of aromatic nitrogens is 2. The highest BCUT2D eigenvalue weighted by Crippen LogP contribution is 2.27. The van der Waals surface area contributed by atoms with Gasteiger partial charge in [-0.15, -0.1) is 0 Å². The summed E-state index contributed by atoms with van der Waals surface area (Å²) in [6.07, 6.45) is 3.99. The van der Waals surface area contributed by atoms with Crippen LogP contribution in [0.15, 0.2) is 54.6 Å². The summed E-state index contributed by atoms with van der Waals surface area (Å²) in [5, 5.41) is 8.00. The van der Waals surface area contributed by atoms with Gasteiger partial charge in [0.15, 0.2) is 0 Å². The van der Waals surface area contributed by atoms with Crippen molar-refractivity contribution < 1.29 is 13.2 Å². The molecule has 30 heavy (non-hydrogen) atoms. The molecule has 0 radical (unpaired) electrons. The van der Waals surface area contributed by atoms with Gasteiger partial charge in [-0.05, 0) is 37.0 Å². The van der Waals surface area contributed by atoms with Gasteiger partial charge in [0.2, 0.25) is 10.0 Å². The number of primary sulfonamides is 1. The smallest absolute Gasteiger partial charge is 0.276 e. The molecule has 2 aromatic carbocycles. The second kappa shape index (κ2) is 8.41. The molecule has 0 saturated heterocycles. The minimum atomic E-state index is -3.65. The molecule has 4 rings (SSSR count). The summed E-state index contributed by atoms with van der Waals surface area (Å²) in [6.45, 7) is 0.837. The number of hydrogen-bond acceptors (Lipinski definition) is 4. The Kier molecular flexibility index (Phi) is 5.69. The third-order valence-corrected chi connectivity index (χ3v) is 5.90. The van der Waals surface area contributed by atoms with Gasteiger partial charge in [-0.25, -0.2) is 18.5 Å². The highest BCUT2D eigenvalue weighted by Gasteiger charge is 2.24. The van der Waals surface area contributed by atoms with Crippen LogP contribution < -0.4 is 10.5 Å². The average molecular weight is 425 g/mol. The molecule has 1 amide bonds. The van der Waals surface area contributed by atoms with Crippen molar-refractivity contribution in [1.82, 2.24) is 9.55 Å². The zero-order chi connectivity index (χ0) is 21.1. The summed E-state index contributed by atoms with van der Waals surface area (Å²) in [4.78, 5) is 17.8. The second-order valence-corrected chi connectivity index (χ2v) is 9.14. The number of carbonyl (C=O) groups is 1. The maximum Gasteiger partial charge on any atom is 0.276 e. The van der Waals surface area contributed by atoms with Gasteiger partial charge in [0, 0.05) is 17.8 Å². The van der Waals surface area contributed by atoms with Crippen LogP contribution in [0.3, 0.4) is 0 Å². The zero-order valence-electron chi connectivity index (χ0n) is 16.5. The van der Waals surface area contributed by atoms with Crippen molar-refractivity contribution in [3.8, 4) is 11.4 Å². The molecule has 8 heteroatoms. The topological polar surface area (TPSA) is 107 Å². The first-order chi connectivity index (χ1) is 14.4. The molecule has 0 aliphatic carbocycles. The van der Waals surface area contributed by atoms with Crippen molar-refractivity contribution in [3.63, 3.8) is 0 Å². The van der Waals surface area contributed by atoms with E-state index in [1.807, 2.05) is 30.3 Å². The van der Waals surface area contributed by atoms with Crippen LogP contribution >= 0.6 is 0 Å². The molecule has 1 aliphatic rings. The number of nitrogens with two attached hydrogens (primary N) is 1. The van der Waals surface area contributed by atoms with Crippen LogP contribution in [0, 0.1) is 0 Å². The summed E-state index contributed by atoms with van der Waals surface area (Å²) in [7, 11) is -3.65. The fourth-order valence-electron chi connectivity index (χ4n) is 3.87. The lowest BCUT2D eigenvalue weighted by Gasteiger charge is -2.09. The minimum absolute atomic E-state index is 0.283. The molecule has 7 nitrogen and oxygen atoms in total. The van der Waals surface area contributed by atoms with E-state index < -0.39 is 10.0 Å². The van der Waals surface area contributed by atoms with Crippen LogP contribution in [0.5, 0.6) is 0 Å². The molecule has 1 aromatic heterocycles. The number of imidazole rings is 1. The van der Waals surface area contributed by atoms with Crippen molar-refractivity contribution >= 4 is 21.6 Å². The van der Waals surface area contributed by atoms with Crippen LogP contribution in [0.2, 0.25) is 0 Å². The summed E-state index contributed by atoms with van der Waals surface area (Å²) >= 11 is 0. The molecule has 0 atom stereocenters. The van der Waals surface area contributed by atoms with E-state index >= 15 is 0 Å². The lowest BCUT2D eigenvalue weighted by atomic mass is 10.1. The maximum absolute atomic E-state index is 13.1. The molecule has 0 spiro atoms.